The second-order valence-electron chi connectivity index (χ2n) is 6.14. The number of carbonyl (C=O) groups excluding carboxylic acids is 1. The number of anilines is 1. The highest BCUT2D eigenvalue weighted by atomic mass is 16.2. The first-order chi connectivity index (χ1) is 12.6. The minimum absolute atomic E-state index is 0.0777. The van der Waals surface area contributed by atoms with Gasteiger partial charge >= 0.3 is 0 Å². The molecule has 1 amide bonds. The largest absolute Gasteiger partial charge is 0.324 e. The number of benzene rings is 3. The minimum atomic E-state index is -0.261. The zero-order chi connectivity index (χ0) is 18.1. The van der Waals surface area contributed by atoms with Crippen molar-refractivity contribution in [3.8, 4) is 0 Å². The fourth-order valence-electron chi connectivity index (χ4n) is 3.13. The number of hydrogen-bond donors (Lipinski definition) is 1. The Morgan fingerprint density at radius 3 is 2.50 bits per heavy atom. The summed E-state index contributed by atoms with van der Waals surface area (Å²) >= 11 is 0. The van der Waals surface area contributed by atoms with Crippen LogP contribution in [0, 0.1) is 6.92 Å². The van der Waals surface area contributed by atoms with Crippen molar-refractivity contribution in [1.29, 1.82) is 0 Å². The van der Waals surface area contributed by atoms with E-state index in [1.165, 1.54) is 4.57 Å². The normalized spacial score (nSPS) is 11.0. The van der Waals surface area contributed by atoms with Gasteiger partial charge in [-0.3, -0.25) is 14.2 Å². The van der Waals surface area contributed by atoms with Gasteiger partial charge in [-0.2, -0.15) is 0 Å². The first-order valence-corrected chi connectivity index (χ1v) is 8.37. The number of rotatable bonds is 3. The number of carbonyl (C=O) groups is 1. The highest BCUT2D eigenvalue weighted by Crippen LogP contribution is 2.22. The SMILES string of the molecule is Cc1nc2ccccc2c(=O)n1CC(=O)Nc1cccc2ccccc12. The van der Waals surface area contributed by atoms with E-state index < -0.39 is 0 Å². The molecule has 0 fully saturated rings. The molecular formula is C21H17N3O2. The molecule has 0 aliphatic carbocycles. The van der Waals surface area contributed by atoms with Crippen molar-refractivity contribution in [2.24, 2.45) is 0 Å². The van der Waals surface area contributed by atoms with E-state index in [2.05, 4.69) is 10.3 Å². The molecule has 0 spiro atoms. The van der Waals surface area contributed by atoms with Gasteiger partial charge in [-0.05, 0) is 30.5 Å². The van der Waals surface area contributed by atoms with Crippen LogP contribution in [0.4, 0.5) is 5.69 Å². The van der Waals surface area contributed by atoms with Gasteiger partial charge in [0.25, 0.3) is 5.56 Å². The van der Waals surface area contributed by atoms with Crippen molar-refractivity contribution in [2.75, 3.05) is 5.32 Å². The van der Waals surface area contributed by atoms with Crippen LogP contribution in [0.15, 0.2) is 71.5 Å². The fourth-order valence-corrected chi connectivity index (χ4v) is 3.13. The number of aromatic nitrogens is 2. The summed E-state index contributed by atoms with van der Waals surface area (Å²) in [6, 6.07) is 20.7. The van der Waals surface area contributed by atoms with Crippen molar-refractivity contribution < 1.29 is 4.79 Å². The van der Waals surface area contributed by atoms with Crippen LogP contribution < -0.4 is 10.9 Å². The summed E-state index contributed by atoms with van der Waals surface area (Å²) in [5.74, 6) is 0.255. The highest BCUT2D eigenvalue weighted by Gasteiger charge is 2.12. The van der Waals surface area contributed by atoms with Crippen LogP contribution in [0.25, 0.3) is 21.7 Å². The summed E-state index contributed by atoms with van der Waals surface area (Å²) in [5.41, 5.74) is 1.16. The third kappa shape index (κ3) is 2.84. The predicted octanol–water partition coefficient (Wildman–Crippen LogP) is 3.50. The summed E-state index contributed by atoms with van der Waals surface area (Å²) in [6.45, 7) is 1.66. The smallest absolute Gasteiger partial charge is 0.261 e. The zero-order valence-electron chi connectivity index (χ0n) is 14.3. The Morgan fingerprint density at radius 1 is 0.962 bits per heavy atom. The van der Waals surface area contributed by atoms with Gasteiger partial charge in [0.1, 0.15) is 12.4 Å². The van der Waals surface area contributed by atoms with Crippen LogP contribution in [-0.4, -0.2) is 15.5 Å². The van der Waals surface area contributed by atoms with E-state index in [-0.39, 0.29) is 18.0 Å². The first kappa shape index (κ1) is 16.0. The third-order valence-electron chi connectivity index (χ3n) is 4.42. The van der Waals surface area contributed by atoms with Crippen LogP contribution in [0.1, 0.15) is 5.82 Å². The Labute approximate surface area is 149 Å². The monoisotopic (exact) mass is 343 g/mol. The molecule has 5 heteroatoms. The molecule has 0 bridgehead atoms. The van der Waals surface area contributed by atoms with Crippen molar-refractivity contribution in [3.63, 3.8) is 0 Å². The number of para-hydroxylation sites is 1. The summed E-state index contributed by atoms with van der Waals surface area (Å²) < 4.78 is 1.41. The maximum Gasteiger partial charge on any atom is 0.261 e. The predicted molar refractivity (Wildman–Crippen MR) is 103 cm³/mol. The maximum absolute atomic E-state index is 12.7. The van der Waals surface area contributed by atoms with Crippen molar-refractivity contribution in [2.45, 2.75) is 13.5 Å². The lowest BCUT2D eigenvalue weighted by molar-refractivity contribution is -0.116. The second-order valence-corrected chi connectivity index (χ2v) is 6.14. The summed E-state index contributed by atoms with van der Waals surface area (Å²) in [5, 5.41) is 5.43. The molecule has 1 aromatic heterocycles. The molecule has 5 nitrogen and oxygen atoms in total. The number of nitrogens with zero attached hydrogens (tertiary/aromatic N) is 2. The van der Waals surface area contributed by atoms with Gasteiger partial charge in [0, 0.05) is 11.1 Å². The minimum Gasteiger partial charge on any atom is -0.324 e. The van der Waals surface area contributed by atoms with Crippen LogP contribution >= 0.6 is 0 Å². The molecule has 1 heterocycles. The number of aryl methyl sites for hydroxylation is 1. The fraction of sp³-hybridized carbons (Fsp3) is 0.0952. The Hall–Kier alpha value is -3.47. The summed E-state index contributed by atoms with van der Waals surface area (Å²) in [4.78, 5) is 29.7. The topological polar surface area (TPSA) is 64.0 Å². The molecule has 0 saturated heterocycles. The Kier molecular flexibility index (Phi) is 3.97. The molecule has 4 aromatic rings. The van der Waals surface area contributed by atoms with E-state index >= 15 is 0 Å². The van der Waals surface area contributed by atoms with Crippen LogP contribution in [0.3, 0.4) is 0 Å². The van der Waals surface area contributed by atoms with Crippen LogP contribution in [-0.2, 0) is 11.3 Å². The molecule has 0 radical (unpaired) electrons. The molecule has 1 N–H and O–H groups in total. The van der Waals surface area contributed by atoms with E-state index in [9.17, 15) is 9.59 Å². The van der Waals surface area contributed by atoms with Gasteiger partial charge in [0.2, 0.25) is 5.91 Å². The van der Waals surface area contributed by atoms with Crippen molar-refractivity contribution >= 4 is 33.3 Å². The molecule has 0 aliphatic heterocycles. The van der Waals surface area contributed by atoms with Gasteiger partial charge in [-0.15, -0.1) is 0 Å². The lowest BCUT2D eigenvalue weighted by Gasteiger charge is -2.12. The van der Waals surface area contributed by atoms with Gasteiger partial charge in [-0.25, -0.2) is 4.98 Å². The zero-order valence-corrected chi connectivity index (χ0v) is 14.3. The standard InChI is InChI=1S/C21H17N3O2/c1-14-22-19-11-5-4-10-17(19)21(26)24(14)13-20(25)23-18-12-6-8-15-7-2-3-9-16(15)18/h2-12H,13H2,1H3,(H,23,25). The van der Waals surface area contributed by atoms with Crippen molar-refractivity contribution in [3.05, 3.63) is 82.9 Å². The maximum atomic E-state index is 12.7. The van der Waals surface area contributed by atoms with Crippen LogP contribution in [0.5, 0.6) is 0 Å². The molecule has 3 aromatic carbocycles. The molecule has 0 aliphatic rings. The average molecular weight is 343 g/mol. The van der Waals surface area contributed by atoms with Gasteiger partial charge in [-0.1, -0.05) is 48.5 Å². The Morgan fingerprint density at radius 2 is 1.65 bits per heavy atom. The van der Waals surface area contributed by atoms with E-state index in [0.717, 1.165) is 16.5 Å². The average Bonchev–Trinajstić information content (AvgIpc) is 2.65. The molecule has 0 unspecified atom stereocenters. The molecule has 128 valence electrons. The summed E-state index contributed by atoms with van der Waals surface area (Å²) in [6.07, 6.45) is 0. The van der Waals surface area contributed by atoms with E-state index in [1.807, 2.05) is 48.5 Å². The Bertz CT molecular complexity index is 1190. The van der Waals surface area contributed by atoms with E-state index in [4.69, 9.17) is 0 Å². The highest BCUT2D eigenvalue weighted by molar-refractivity contribution is 6.02. The third-order valence-corrected chi connectivity index (χ3v) is 4.42. The number of fused-ring (bicyclic) bond motifs is 2. The van der Waals surface area contributed by atoms with Gasteiger partial charge in [0.15, 0.2) is 0 Å². The molecular weight excluding hydrogens is 326 g/mol. The molecule has 0 saturated carbocycles. The van der Waals surface area contributed by atoms with Gasteiger partial charge in [0.05, 0.1) is 10.9 Å². The first-order valence-electron chi connectivity index (χ1n) is 8.37. The molecule has 26 heavy (non-hydrogen) atoms. The van der Waals surface area contributed by atoms with Crippen LogP contribution in [0.2, 0.25) is 0 Å². The second kappa shape index (κ2) is 6.44. The Balaban J connectivity index is 1.66. The van der Waals surface area contributed by atoms with Gasteiger partial charge < -0.3 is 5.32 Å². The number of hydrogen-bond acceptors (Lipinski definition) is 3. The lowest BCUT2D eigenvalue weighted by atomic mass is 10.1. The number of nitrogens with one attached hydrogen (secondary N) is 1. The lowest BCUT2D eigenvalue weighted by Crippen LogP contribution is -2.30. The van der Waals surface area contributed by atoms with Crippen molar-refractivity contribution in [1.82, 2.24) is 9.55 Å². The number of amides is 1. The molecule has 0 atom stereocenters. The molecule has 4 rings (SSSR count). The summed E-state index contributed by atoms with van der Waals surface area (Å²) in [7, 11) is 0. The van der Waals surface area contributed by atoms with E-state index in [0.29, 0.717) is 16.7 Å². The quantitative estimate of drug-likeness (QED) is 0.619. The van der Waals surface area contributed by atoms with E-state index in [1.54, 1.807) is 25.1 Å².